The van der Waals surface area contributed by atoms with Crippen molar-refractivity contribution in [3.63, 3.8) is 0 Å². The molecule has 0 aliphatic rings. The second-order valence-electron chi connectivity index (χ2n) is 2.43. The molecule has 0 rings (SSSR count). The summed E-state index contributed by atoms with van der Waals surface area (Å²) in [5.74, 6) is -3.24. The first kappa shape index (κ1) is 10.8. The summed E-state index contributed by atoms with van der Waals surface area (Å²) in [4.78, 5) is 20.6. The number of amides is 1. The molecule has 0 saturated heterocycles. The molecule has 0 aliphatic carbocycles. The Labute approximate surface area is 68.5 Å². The molecule has 2 atom stereocenters. The molecule has 0 fully saturated rings. The Kier molecular flexibility index (Phi) is 4.20. The van der Waals surface area contributed by atoms with Gasteiger partial charge in [0.05, 0.1) is 5.92 Å². The van der Waals surface area contributed by atoms with Crippen LogP contribution < -0.4 is 11.5 Å². The van der Waals surface area contributed by atoms with Gasteiger partial charge in [0.25, 0.3) is 0 Å². The molecule has 1 amide bonds. The number of aliphatic carboxylic acids is 1. The zero-order chi connectivity index (χ0) is 9.72. The largest absolute Gasteiger partial charge is 0.480 e. The first-order valence-electron chi connectivity index (χ1n) is 3.32. The molecule has 0 heterocycles. The molecule has 70 valence electrons. The highest BCUT2D eigenvalue weighted by atomic mass is 18.2. The van der Waals surface area contributed by atoms with Crippen LogP contribution in [0, 0.1) is 5.92 Å². The second-order valence-corrected chi connectivity index (χ2v) is 2.43. The van der Waals surface area contributed by atoms with Gasteiger partial charge < -0.3 is 16.6 Å². The minimum Gasteiger partial charge on any atom is -0.480 e. The predicted octanol–water partition coefficient (Wildman–Crippen LogP) is -1.14. The van der Waals surface area contributed by atoms with Crippen LogP contribution in [0.4, 0.5) is 4.39 Å². The monoisotopic (exact) mass is 177 g/mol. The maximum atomic E-state index is 12.0. The van der Waals surface area contributed by atoms with E-state index in [9.17, 15) is 14.0 Å². The molecule has 0 aromatic heterocycles. The van der Waals surface area contributed by atoms with Gasteiger partial charge in [0.15, 0.2) is 0 Å². The van der Waals surface area contributed by atoms with E-state index in [1.165, 1.54) is 0 Å². The van der Waals surface area contributed by atoms with Crippen LogP contribution >= 0.6 is 0 Å². The average Bonchev–Trinajstić information content (AvgIpc) is 1.98. The number of carbonyl (C=O) groups excluding carboxylic acids is 1. The standard InChI is InChI=1S/C6H11FN2O3/c7-2-3(5(9)10)1-4(8)6(11)12/h3-4H,1-2,8H2,(H2,9,10)(H,11,12)/t3-,4?/m1/s1/i7-1. The topological polar surface area (TPSA) is 106 Å². The number of hydrogen-bond acceptors (Lipinski definition) is 3. The molecular formula is C6H11FN2O3. The summed E-state index contributed by atoms with van der Waals surface area (Å²) in [5.41, 5.74) is 9.82. The van der Waals surface area contributed by atoms with E-state index in [-0.39, 0.29) is 6.42 Å². The molecule has 0 aliphatic heterocycles. The minimum absolute atomic E-state index is 0.263. The molecule has 5 N–H and O–H groups in total. The summed E-state index contributed by atoms with van der Waals surface area (Å²) in [6, 6.07) is -1.24. The zero-order valence-corrected chi connectivity index (χ0v) is 6.37. The molecule has 0 saturated carbocycles. The van der Waals surface area contributed by atoms with E-state index >= 15 is 0 Å². The lowest BCUT2D eigenvalue weighted by atomic mass is 10.0. The van der Waals surface area contributed by atoms with Crippen molar-refractivity contribution in [1.29, 1.82) is 0 Å². The summed E-state index contributed by atoms with van der Waals surface area (Å²) < 4.78 is 12.0. The van der Waals surface area contributed by atoms with Crippen molar-refractivity contribution in [2.75, 3.05) is 6.67 Å². The van der Waals surface area contributed by atoms with E-state index in [4.69, 9.17) is 16.6 Å². The lowest BCUT2D eigenvalue weighted by Crippen LogP contribution is -2.37. The Morgan fingerprint density at radius 1 is 1.50 bits per heavy atom. The highest BCUT2D eigenvalue weighted by Crippen LogP contribution is 2.05. The number of alkyl halides is 1. The van der Waals surface area contributed by atoms with Gasteiger partial charge in [-0.2, -0.15) is 0 Å². The molecule has 0 bridgehead atoms. The van der Waals surface area contributed by atoms with E-state index in [2.05, 4.69) is 0 Å². The lowest BCUT2D eigenvalue weighted by molar-refractivity contribution is -0.139. The molecule has 5 nitrogen and oxygen atoms in total. The van der Waals surface area contributed by atoms with Crippen LogP contribution in [0.1, 0.15) is 6.42 Å². The van der Waals surface area contributed by atoms with Gasteiger partial charge in [-0.1, -0.05) is 0 Å². The summed E-state index contributed by atoms with van der Waals surface area (Å²) in [7, 11) is 0. The van der Waals surface area contributed by atoms with Gasteiger partial charge >= 0.3 is 5.97 Å². The van der Waals surface area contributed by atoms with E-state index < -0.39 is 30.5 Å². The number of carbonyl (C=O) groups is 2. The van der Waals surface area contributed by atoms with E-state index in [0.717, 1.165) is 0 Å². The minimum atomic E-state index is -1.27. The van der Waals surface area contributed by atoms with Crippen molar-refractivity contribution in [3.8, 4) is 0 Å². The van der Waals surface area contributed by atoms with Crippen LogP contribution in [0.3, 0.4) is 0 Å². The number of carboxylic acid groups (broad SMARTS) is 1. The van der Waals surface area contributed by atoms with Gasteiger partial charge in [0.2, 0.25) is 5.91 Å². The van der Waals surface area contributed by atoms with E-state index in [1.807, 2.05) is 0 Å². The number of halogens is 1. The third-order valence-electron chi connectivity index (χ3n) is 1.44. The van der Waals surface area contributed by atoms with Gasteiger partial charge in [0.1, 0.15) is 12.7 Å². The Morgan fingerprint density at radius 3 is 2.25 bits per heavy atom. The Morgan fingerprint density at radius 2 is 2.00 bits per heavy atom. The summed E-state index contributed by atoms with van der Waals surface area (Å²) in [6.07, 6.45) is -0.263. The highest BCUT2D eigenvalue weighted by molar-refractivity contribution is 5.79. The number of nitrogens with two attached hydrogens (primary N) is 2. The fourth-order valence-electron chi connectivity index (χ4n) is 0.663. The number of hydrogen-bond donors (Lipinski definition) is 3. The molecule has 12 heavy (non-hydrogen) atoms. The first-order valence-corrected chi connectivity index (χ1v) is 3.32. The average molecular weight is 177 g/mol. The van der Waals surface area contributed by atoms with Crippen LogP contribution in [-0.4, -0.2) is 29.7 Å². The van der Waals surface area contributed by atoms with Crippen LogP contribution in [0.2, 0.25) is 0 Å². The van der Waals surface area contributed by atoms with Gasteiger partial charge in [0, 0.05) is 0 Å². The fourth-order valence-corrected chi connectivity index (χ4v) is 0.663. The van der Waals surface area contributed by atoms with Crippen LogP contribution in [0.15, 0.2) is 0 Å². The van der Waals surface area contributed by atoms with Crippen molar-refractivity contribution in [2.45, 2.75) is 12.5 Å². The summed E-state index contributed by atoms with van der Waals surface area (Å²) in [5, 5.41) is 8.31. The quantitative estimate of drug-likeness (QED) is 0.493. The van der Waals surface area contributed by atoms with Gasteiger partial charge in [-0.05, 0) is 6.42 Å². The normalized spacial score (nSPS) is 15.2. The van der Waals surface area contributed by atoms with Gasteiger partial charge in [-0.25, -0.2) is 0 Å². The number of carboxylic acids is 1. The molecule has 0 aromatic carbocycles. The molecule has 0 aromatic rings. The fraction of sp³-hybridized carbons (Fsp3) is 0.667. The van der Waals surface area contributed by atoms with Crippen molar-refractivity contribution in [2.24, 2.45) is 17.4 Å². The Hall–Kier alpha value is -1.17. The predicted molar refractivity (Wildman–Crippen MR) is 38.9 cm³/mol. The van der Waals surface area contributed by atoms with Crippen LogP contribution in [0.25, 0.3) is 0 Å². The van der Waals surface area contributed by atoms with Crippen molar-refractivity contribution in [3.05, 3.63) is 0 Å². The van der Waals surface area contributed by atoms with Crippen LogP contribution in [-0.2, 0) is 9.59 Å². The Balaban J connectivity index is 4.02. The second kappa shape index (κ2) is 4.66. The summed E-state index contributed by atoms with van der Waals surface area (Å²) in [6.45, 7) is -0.976. The molecule has 0 radical (unpaired) electrons. The summed E-state index contributed by atoms with van der Waals surface area (Å²) >= 11 is 0. The van der Waals surface area contributed by atoms with Crippen molar-refractivity contribution < 1.29 is 19.1 Å². The number of primary amides is 1. The first-order chi connectivity index (χ1) is 5.49. The Bertz CT molecular complexity index is 186. The van der Waals surface area contributed by atoms with E-state index in [1.54, 1.807) is 0 Å². The molecule has 6 heteroatoms. The highest BCUT2D eigenvalue weighted by Gasteiger charge is 2.22. The van der Waals surface area contributed by atoms with Crippen molar-refractivity contribution in [1.82, 2.24) is 0 Å². The lowest BCUT2D eigenvalue weighted by Gasteiger charge is -2.11. The molecule has 0 spiro atoms. The maximum absolute atomic E-state index is 12.0. The SMILES string of the molecule is NC(=O)[C@@H](C[18F])CC(N)C(=O)O. The van der Waals surface area contributed by atoms with Crippen molar-refractivity contribution >= 4 is 11.9 Å². The van der Waals surface area contributed by atoms with Crippen LogP contribution in [0.5, 0.6) is 0 Å². The third kappa shape index (κ3) is 3.29. The number of rotatable bonds is 5. The zero-order valence-electron chi connectivity index (χ0n) is 6.37. The maximum Gasteiger partial charge on any atom is 0.320 e. The van der Waals surface area contributed by atoms with E-state index in [0.29, 0.717) is 0 Å². The van der Waals surface area contributed by atoms with Gasteiger partial charge in [-0.3, -0.25) is 14.0 Å². The third-order valence-corrected chi connectivity index (χ3v) is 1.44. The molecule has 1 unspecified atom stereocenters. The smallest absolute Gasteiger partial charge is 0.320 e. The molecular weight excluding hydrogens is 166 g/mol. The van der Waals surface area contributed by atoms with Gasteiger partial charge in [-0.15, -0.1) is 0 Å².